The summed E-state index contributed by atoms with van der Waals surface area (Å²) in [5, 5.41) is 5.73. The Balaban J connectivity index is 1.88. The van der Waals surface area contributed by atoms with E-state index in [1.54, 1.807) is 0 Å². The lowest BCUT2D eigenvalue weighted by molar-refractivity contribution is -0.117. The van der Waals surface area contributed by atoms with Crippen molar-refractivity contribution in [2.75, 3.05) is 5.32 Å². The molecular weight excluding hydrogens is 310 g/mol. The van der Waals surface area contributed by atoms with Gasteiger partial charge in [0.1, 0.15) is 5.52 Å². The maximum atomic E-state index is 11.0. The highest BCUT2D eigenvalue weighted by atomic mass is 32.1. The van der Waals surface area contributed by atoms with Crippen LogP contribution in [0.2, 0.25) is 0 Å². The number of carbonyl (C=O) groups excluding carboxylic acids is 1. The molecule has 0 spiro atoms. The van der Waals surface area contributed by atoms with Crippen molar-refractivity contribution in [1.82, 2.24) is 10.3 Å². The van der Waals surface area contributed by atoms with Crippen LogP contribution < -0.4 is 10.6 Å². The number of nitrogens with one attached hydrogen (secondary N) is 2. The molecule has 3 aromatic rings. The van der Waals surface area contributed by atoms with Crippen LogP contribution in [-0.2, 0) is 4.79 Å². The maximum absolute atomic E-state index is 11.0. The number of aryl methyl sites for hydroxylation is 1. The minimum Gasteiger partial charge on any atom is -0.436 e. The second-order valence-corrected chi connectivity index (χ2v) is 5.61. The van der Waals surface area contributed by atoms with E-state index in [0.29, 0.717) is 5.89 Å². The van der Waals surface area contributed by atoms with Crippen LogP contribution in [0.25, 0.3) is 22.6 Å². The van der Waals surface area contributed by atoms with Gasteiger partial charge in [-0.2, -0.15) is 0 Å². The quantitative estimate of drug-likeness (QED) is 0.704. The number of hydrogen-bond acceptors (Lipinski definition) is 4. The summed E-state index contributed by atoms with van der Waals surface area (Å²) in [6, 6.07) is 13.4. The summed E-state index contributed by atoms with van der Waals surface area (Å²) in [6.07, 6.45) is 0. The topological polar surface area (TPSA) is 67.2 Å². The average molecular weight is 325 g/mol. The molecule has 0 atom stereocenters. The lowest BCUT2D eigenvalue weighted by Crippen LogP contribution is -2.32. The molecule has 0 unspecified atom stereocenters. The van der Waals surface area contributed by atoms with Crippen molar-refractivity contribution >= 4 is 40.0 Å². The van der Waals surface area contributed by atoms with E-state index in [0.717, 1.165) is 27.9 Å². The van der Waals surface area contributed by atoms with Gasteiger partial charge in [-0.05, 0) is 55.0 Å². The summed E-state index contributed by atoms with van der Waals surface area (Å²) in [6.45, 7) is 3.42. The molecule has 3 rings (SSSR count). The largest absolute Gasteiger partial charge is 0.436 e. The minimum absolute atomic E-state index is 0.215. The number of fused-ring (bicyclic) bond motifs is 1. The van der Waals surface area contributed by atoms with Crippen molar-refractivity contribution in [2.45, 2.75) is 13.8 Å². The fraction of sp³-hybridized carbons (Fsp3) is 0.118. The molecule has 1 aromatic heterocycles. The minimum atomic E-state index is -0.215. The molecule has 2 aromatic carbocycles. The SMILES string of the molecule is CC(=O)NC(=S)Nc1cccc(-c2nc3ccc(C)cc3o2)c1. The summed E-state index contributed by atoms with van der Waals surface area (Å²) >= 11 is 5.06. The molecule has 6 heteroatoms. The van der Waals surface area contributed by atoms with E-state index in [2.05, 4.69) is 15.6 Å². The van der Waals surface area contributed by atoms with Gasteiger partial charge in [-0.15, -0.1) is 0 Å². The van der Waals surface area contributed by atoms with Gasteiger partial charge >= 0.3 is 0 Å². The third-order valence-corrected chi connectivity index (χ3v) is 3.41. The predicted octanol–water partition coefficient (Wildman–Crippen LogP) is 3.64. The maximum Gasteiger partial charge on any atom is 0.227 e. The monoisotopic (exact) mass is 325 g/mol. The Labute approximate surface area is 138 Å². The Morgan fingerprint density at radius 3 is 2.83 bits per heavy atom. The molecule has 0 aliphatic heterocycles. The standard InChI is InChI=1S/C17H15N3O2S/c1-10-6-7-14-15(8-10)22-16(20-14)12-4-3-5-13(9-12)19-17(23)18-11(2)21/h3-9H,1-2H3,(H2,18,19,21,23). The van der Waals surface area contributed by atoms with Crippen LogP contribution in [0.3, 0.4) is 0 Å². The van der Waals surface area contributed by atoms with Gasteiger partial charge in [0.15, 0.2) is 10.7 Å². The summed E-state index contributed by atoms with van der Waals surface area (Å²) in [5.74, 6) is 0.327. The van der Waals surface area contributed by atoms with E-state index in [9.17, 15) is 4.79 Å². The van der Waals surface area contributed by atoms with E-state index in [-0.39, 0.29) is 11.0 Å². The Bertz CT molecular complexity index is 902. The van der Waals surface area contributed by atoms with Crippen molar-refractivity contribution in [3.05, 3.63) is 48.0 Å². The van der Waals surface area contributed by atoms with Crippen LogP contribution in [0.5, 0.6) is 0 Å². The van der Waals surface area contributed by atoms with Gasteiger partial charge in [0.05, 0.1) is 0 Å². The van der Waals surface area contributed by atoms with Gasteiger partial charge < -0.3 is 15.1 Å². The first-order chi connectivity index (χ1) is 11.0. The zero-order valence-corrected chi connectivity index (χ0v) is 13.5. The first-order valence-corrected chi connectivity index (χ1v) is 7.48. The van der Waals surface area contributed by atoms with E-state index in [4.69, 9.17) is 16.6 Å². The number of hydrogen-bond donors (Lipinski definition) is 2. The number of aromatic nitrogens is 1. The third kappa shape index (κ3) is 3.54. The van der Waals surface area contributed by atoms with E-state index in [1.807, 2.05) is 49.4 Å². The molecule has 1 heterocycles. The molecule has 116 valence electrons. The normalized spacial score (nSPS) is 10.5. The first-order valence-electron chi connectivity index (χ1n) is 7.07. The molecule has 0 fully saturated rings. The van der Waals surface area contributed by atoms with Gasteiger partial charge in [-0.3, -0.25) is 4.79 Å². The molecule has 0 bridgehead atoms. The molecule has 1 amide bonds. The lowest BCUT2D eigenvalue weighted by Gasteiger charge is -2.08. The average Bonchev–Trinajstić information content (AvgIpc) is 2.89. The molecule has 0 aliphatic rings. The highest BCUT2D eigenvalue weighted by Gasteiger charge is 2.09. The predicted molar refractivity (Wildman–Crippen MR) is 94.2 cm³/mol. The number of amides is 1. The lowest BCUT2D eigenvalue weighted by atomic mass is 10.2. The van der Waals surface area contributed by atoms with Crippen molar-refractivity contribution in [2.24, 2.45) is 0 Å². The molecule has 0 radical (unpaired) electrons. The number of nitrogens with zero attached hydrogens (tertiary/aromatic N) is 1. The van der Waals surface area contributed by atoms with Crippen LogP contribution in [0.15, 0.2) is 46.9 Å². The fourth-order valence-corrected chi connectivity index (χ4v) is 2.47. The van der Waals surface area contributed by atoms with Gasteiger partial charge in [0.25, 0.3) is 0 Å². The summed E-state index contributed by atoms with van der Waals surface area (Å²) in [7, 11) is 0. The molecule has 0 saturated heterocycles. The summed E-state index contributed by atoms with van der Waals surface area (Å²) in [5.41, 5.74) is 4.27. The number of anilines is 1. The first kappa shape index (κ1) is 15.2. The summed E-state index contributed by atoms with van der Waals surface area (Å²) < 4.78 is 5.82. The number of thiocarbonyl (C=S) groups is 1. The fourth-order valence-electron chi connectivity index (χ4n) is 2.21. The highest BCUT2D eigenvalue weighted by Crippen LogP contribution is 2.26. The van der Waals surface area contributed by atoms with Crippen molar-refractivity contribution in [1.29, 1.82) is 0 Å². The number of benzene rings is 2. The van der Waals surface area contributed by atoms with Crippen molar-refractivity contribution in [3.8, 4) is 11.5 Å². The second kappa shape index (κ2) is 6.18. The highest BCUT2D eigenvalue weighted by molar-refractivity contribution is 7.80. The van der Waals surface area contributed by atoms with Gasteiger partial charge in [-0.25, -0.2) is 4.98 Å². The van der Waals surface area contributed by atoms with E-state index < -0.39 is 0 Å². The number of carbonyl (C=O) groups is 1. The van der Waals surface area contributed by atoms with Crippen molar-refractivity contribution < 1.29 is 9.21 Å². The Hall–Kier alpha value is -2.73. The summed E-state index contributed by atoms with van der Waals surface area (Å²) in [4.78, 5) is 15.5. The molecule has 2 N–H and O–H groups in total. The molecule has 0 aliphatic carbocycles. The number of rotatable bonds is 2. The van der Waals surface area contributed by atoms with Crippen LogP contribution in [0.1, 0.15) is 12.5 Å². The van der Waals surface area contributed by atoms with Gasteiger partial charge in [0, 0.05) is 18.2 Å². The third-order valence-electron chi connectivity index (χ3n) is 3.20. The molecule has 23 heavy (non-hydrogen) atoms. The molecule has 0 saturated carbocycles. The van der Waals surface area contributed by atoms with Gasteiger partial charge in [-0.1, -0.05) is 12.1 Å². The van der Waals surface area contributed by atoms with Gasteiger partial charge in [0.2, 0.25) is 11.8 Å². The van der Waals surface area contributed by atoms with E-state index >= 15 is 0 Å². The van der Waals surface area contributed by atoms with E-state index in [1.165, 1.54) is 6.92 Å². The van der Waals surface area contributed by atoms with Crippen LogP contribution in [0.4, 0.5) is 5.69 Å². The Kier molecular flexibility index (Phi) is 4.08. The number of oxazole rings is 1. The molecule has 5 nitrogen and oxygen atoms in total. The molecular formula is C17H15N3O2S. The Morgan fingerprint density at radius 2 is 2.04 bits per heavy atom. The second-order valence-electron chi connectivity index (χ2n) is 5.21. The van der Waals surface area contributed by atoms with Crippen LogP contribution in [-0.4, -0.2) is 16.0 Å². The van der Waals surface area contributed by atoms with Crippen LogP contribution >= 0.6 is 12.2 Å². The van der Waals surface area contributed by atoms with Crippen molar-refractivity contribution in [3.63, 3.8) is 0 Å². The van der Waals surface area contributed by atoms with Crippen LogP contribution in [0, 0.1) is 6.92 Å². The Morgan fingerprint density at radius 1 is 1.22 bits per heavy atom. The zero-order valence-electron chi connectivity index (χ0n) is 12.7. The smallest absolute Gasteiger partial charge is 0.227 e. The zero-order chi connectivity index (χ0) is 16.4.